The highest BCUT2D eigenvalue weighted by Crippen LogP contribution is 2.47. The number of benzene rings is 1. The van der Waals surface area contributed by atoms with Gasteiger partial charge in [0.2, 0.25) is 5.91 Å². The van der Waals surface area contributed by atoms with Crippen LogP contribution in [-0.4, -0.2) is 64.3 Å². The Kier molecular flexibility index (Phi) is 5.56. The van der Waals surface area contributed by atoms with Crippen molar-refractivity contribution in [1.82, 2.24) is 9.88 Å². The van der Waals surface area contributed by atoms with Crippen molar-refractivity contribution in [2.75, 3.05) is 31.1 Å². The third kappa shape index (κ3) is 3.75. The Morgan fingerprint density at radius 1 is 1.31 bits per heavy atom. The maximum Gasteiger partial charge on any atom is 0.253 e. The predicted molar refractivity (Wildman–Crippen MR) is 111 cm³/mol. The summed E-state index contributed by atoms with van der Waals surface area (Å²) in [5, 5.41) is 20.0. The fraction of sp³-hybridized carbons (Fsp3) is 0.421. The van der Waals surface area contributed by atoms with Gasteiger partial charge in [-0.05, 0) is 30.2 Å². The number of hydrogen-bond acceptors (Lipinski definition) is 6. The average Bonchev–Trinajstić information content (AvgIpc) is 3.39. The van der Waals surface area contributed by atoms with Crippen molar-refractivity contribution < 1.29 is 19.8 Å². The molecule has 2 aliphatic heterocycles. The molecule has 1 unspecified atom stereocenters. The van der Waals surface area contributed by atoms with E-state index in [1.165, 1.54) is 17.5 Å². The first-order valence-electron chi connectivity index (χ1n) is 9.11. The Hall–Kier alpha value is -1.71. The van der Waals surface area contributed by atoms with Gasteiger partial charge in [0.1, 0.15) is 9.34 Å². The number of thiazole rings is 1. The van der Waals surface area contributed by atoms with Crippen molar-refractivity contribution in [1.29, 1.82) is 0 Å². The standard InChI is InChI=1S/C19H19Cl2N3O4S/c20-11-1-2-13-12(5-11)19(3-4-23(9-19)18(28)14(26)8-25)10-24(13)17(27)6-16-22-7-15(21)29-16/h1-2,5,7,14,25-26H,3-4,6,8-10H2/t14-,19?/m1/s1. The van der Waals surface area contributed by atoms with Gasteiger partial charge >= 0.3 is 0 Å². The maximum atomic E-state index is 13.0. The lowest BCUT2D eigenvalue weighted by Crippen LogP contribution is -2.43. The van der Waals surface area contributed by atoms with Gasteiger partial charge in [-0.2, -0.15) is 0 Å². The number of aliphatic hydroxyl groups is 2. The molecule has 1 aromatic carbocycles. The summed E-state index contributed by atoms with van der Waals surface area (Å²) in [5.74, 6) is -0.605. The molecule has 10 heteroatoms. The molecule has 0 radical (unpaired) electrons. The van der Waals surface area contributed by atoms with Gasteiger partial charge in [-0.1, -0.05) is 23.2 Å². The lowest BCUT2D eigenvalue weighted by atomic mass is 9.81. The van der Waals surface area contributed by atoms with Gasteiger partial charge in [-0.3, -0.25) is 9.59 Å². The van der Waals surface area contributed by atoms with Crippen molar-refractivity contribution in [3.05, 3.63) is 44.3 Å². The van der Waals surface area contributed by atoms with E-state index >= 15 is 0 Å². The summed E-state index contributed by atoms with van der Waals surface area (Å²) < 4.78 is 0.533. The number of nitrogens with zero attached hydrogens (tertiary/aromatic N) is 3. The molecular formula is C19H19Cl2N3O4S. The van der Waals surface area contributed by atoms with Crippen LogP contribution in [0.5, 0.6) is 0 Å². The van der Waals surface area contributed by atoms with Crippen LogP contribution in [0.3, 0.4) is 0 Å². The Morgan fingerprint density at radius 3 is 2.79 bits per heavy atom. The maximum absolute atomic E-state index is 13.0. The molecule has 2 aromatic rings. The van der Waals surface area contributed by atoms with E-state index in [-0.39, 0.29) is 12.3 Å². The minimum absolute atomic E-state index is 0.100. The third-order valence-corrected chi connectivity index (χ3v) is 6.88. The first-order chi connectivity index (χ1) is 13.8. The number of rotatable bonds is 4. The molecule has 2 atom stereocenters. The fourth-order valence-electron chi connectivity index (χ4n) is 4.16. The van der Waals surface area contributed by atoms with Crippen LogP contribution in [-0.2, 0) is 21.4 Å². The van der Waals surface area contributed by atoms with Crippen LogP contribution in [0, 0.1) is 0 Å². The van der Waals surface area contributed by atoms with E-state index in [1.807, 2.05) is 12.1 Å². The highest BCUT2D eigenvalue weighted by Gasteiger charge is 2.50. The van der Waals surface area contributed by atoms with E-state index in [4.69, 9.17) is 28.3 Å². The topological polar surface area (TPSA) is 94.0 Å². The number of carbonyl (C=O) groups is 2. The number of halogens is 2. The van der Waals surface area contributed by atoms with Gasteiger partial charge in [0, 0.05) is 35.8 Å². The molecule has 1 spiro atoms. The van der Waals surface area contributed by atoms with Crippen molar-refractivity contribution >= 4 is 52.0 Å². The zero-order valence-corrected chi connectivity index (χ0v) is 17.7. The summed E-state index contributed by atoms with van der Waals surface area (Å²) in [6.45, 7) is 0.584. The van der Waals surface area contributed by atoms with Gasteiger partial charge < -0.3 is 20.0 Å². The number of amides is 2. The smallest absolute Gasteiger partial charge is 0.253 e. The van der Waals surface area contributed by atoms with Crippen molar-refractivity contribution in [2.45, 2.75) is 24.4 Å². The third-order valence-electron chi connectivity index (χ3n) is 5.53. The number of aliphatic hydroxyl groups excluding tert-OH is 2. The number of anilines is 1. The summed E-state index contributed by atoms with van der Waals surface area (Å²) >= 11 is 13.4. The molecule has 1 saturated heterocycles. The van der Waals surface area contributed by atoms with Crippen LogP contribution in [0.15, 0.2) is 24.4 Å². The molecular weight excluding hydrogens is 437 g/mol. The van der Waals surface area contributed by atoms with E-state index in [9.17, 15) is 14.7 Å². The van der Waals surface area contributed by atoms with Crippen LogP contribution in [0.25, 0.3) is 0 Å². The quantitative estimate of drug-likeness (QED) is 0.733. The molecule has 1 fully saturated rings. The molecule has 154 valence electrons. The molecule has 0 bridgehead atoms. The highest BCUT2D eigenvalue weighted by atomic mass is 35.5. The second-order valence-electron chi connectivity index (χ2n) is 7.36. The second-order valence-corrected chi connectivity index (χ2v) is 9.55. The normalized spacial score (nSPS) is 21.7. The van der Waals surface area contributed by atoms with Gasteiger partial charge in [0.15, 0.2) is 6.10 Å². The molecule has 2 amide bonds. The number of fused-ring (bicyclic) bond motifs is 2. The molecule has 4 rings (SSSR count). The van der Waals surface area contributed by atoms with E-state index in [0.29, 0.717) is 40.4 Å². The van der Waals surface area contributed by atoms with Gasteiger partial charge in [0.05, 0.1) is 19.2 Å². The molecule has 7 nitrogen and oxygen atoms in total. The molecule has 3 heterocycles. The van der Waals surface area contributed by atoms with E-state index in [2.05, 4.69) is 4.98 Å². The minimum Gasteiger partial charge on any atom is -0.393 e. The summed E-state index contributed by atoms with van der Waals surface area (Å²) in [5.41, 5.74) is 1.24. The molecule has 0 aliphatic carbocycles. The number of carbonyl (C=O) groups excluding carboxylic acids is 2. The van der Waals surface area contributed by atoms with Gasteiger partial charge in [-0.25, -0.2) is 4.98 Å². The van der Waals surface area contributed by atoms with E-state index < -0.39 is 24.0 Å². The molecule has 1 aromatic heterocycles. The molecule has 29 heavy (non-hydrogen) atoms. The number of aromatic nitrogens is 1. The summed E-state index contributed by atoms with van der Waals surface area (Å²) in [4.78, 5) is 32.8. The van der Waals surface area contributed by atoms with Crippen molar-refractivity contribution in [3.8, 4) is 0 Å². The van der Waals surface area contributed by atoms with Crippen LogP contribution in [0.4, 0.5) is 5.69 Å². The first-order valence-corrected chi connectivity index (χ1v) is 10.7. The lowest BCUT2D eigenvalue weighted by molar-refractivity contribution is -0.141. The highest BCUT2D eigenvalue weighted by molar-refractivity contribution is 7.15. The van der Waals surface area contributed by atoms with E-state index in [0.717, 1.165) is 11.3 Å². The summed E-state index contributed by atoms with van der Waals surface area (Å²) in [7, 11) is 0. The minimum atomic E-state index is -1.43. The van der Waals surface area contributed by atoms with Crippen molar-refractivity contribution in [2.24, 2.45) is 0 Å². The van der Waals surface area contributed by atoms with Crippen LogP contribution in [0.2, 0.25) is 9.36 Å². The molecule has 0 saturated carbocycles. The number of hydrogen-bond donors (Lipinski definition) is 2. The van der Waals surface area contributed by atoms with E-state index in [1.54, 1.807) is 15.9 Å². The predicted octanol–water partition coefficient (Wildman–Crippen LogP) is 1.86. The first kappa shape index (κ1) is 20.6. The zero-order chi connectivity index (χ0) is 20.8. The lowest BCUT2D eigenvalue weighted by Gasteiger charge is -2.26. The van der Waals surface area contributed by atoms with Crippen molar-refractivity contribution in [3.63, 3.8) is 0 Å². The zero-order valence-electron chi connectivity index (χ0n) is 15.3. The average molecular weight is 456 g/mol. The number of likely N-dealkylation sites (tertiary alicyclic amines) is 1. The largest absolute Gasteiger partial charge is 0.393 e. The Bertz CT molecular complexity index is 969. The monoisotopic (exact) mass is 455 g/mol. The Morgan fingerprint density at radius 2 is 2.10 bits per heavy atom. The van der Waals surface area contributed by atoms with Crippen LogP contribution >= 0.6 is 34.5 Å². The Labute approximate surface area is 181 Å². The fourth-order valence-corrected chi connectivity index (χ4v) is 5.28. The summed E-state index contributed by atoms with van der Waals surface area (Å²) in [6, 6.07) is 5.42. The summed E-state index contributed by atoms with van der Waals surface area (Å²) in [6.07, 6.45) is 0.872. The Balaban J connectivity index is 1.62. The van der Waals surface area contributed by atoms with Crippen LogP contribution in [0.1, 0.15) is 17.0 Å². The SMILES string of the molecule is O=C([C@H](O)CO)N1CCC2(C1)CN(C(=O)Cc1ncc(Cl)s1)c1ccc(Cl)cc12. The van der Waals surface area contributed by atoms with Crippen LogP contribution < -0.4 is 4.90 Å². The molecule has 2 N–H and O–H groups in total. The second kappa shape index (κ2) is 7.85. The van der Waals surface area contributed by atoms with Gasteiger partial charge in [0.25, 0.3) is 5.91 Å². The van der Waals surface area contributed by atoms with Gasteiger partial charge in [-0.15, -0.1) is 11.3 Å². The molecule has 2 aliphatic rings.